The molecule has 8 nitrogen and oxygen atoms in total. The SMILES string of the molecule is Cc1nc(Cc2noc(Cc3ccc4[nH]ncc4c3)n2)no1. The van der Waals surface area contributed by atoms with Gasteiger partial charge in [0.1, 0.15) is 0 Å². The van der Waals surface area contributed by atoms with Crippen LogP contribution in [0.1, 0.15) is 29.0 Å². The third kappa shape index (κ3) is 2.46. The first-order chi connectivity index (χ1) is 10.8. The number of aromatic nitrogens is 6. The van der Waals surface area contributed by atoms with Crippen molar-refractivity contribution in [2.45, 2.75) is 19.8 Å². The number of hydrogen-bond acceptors (Lipinski definition) is 7. The second-order valence-corrected chi connectivity index (χ2v) is 4.98. The number of aromatic amines is 1. The van der Waals surface area contributed by atoms with Gasteiger partial charge in [-0.2, -0.15) is 15.1 Å². The fourth-order valence-corrected chi connectivity index (χ4v) is 2.27. The van der Waals surface area contributed by atoms with Crippen molar-refractivity contribution in [3.63, 3.8) is 0 Å². The average Bonchev–Trinajstić information content (AvgIpc) is 3.21. The van der Waals surface area contributed by atoms with Crippen LogP contribution >= 0.6 is 0 Å². The van der Waals surface area contributed by atoms with Crippen LogP contribution in [0.2, 0.25) is 0 Å². The summed E-state index contributed by atoms with van der Waals surface area (Å²) >= 11 is 0. The molecule has 0 aliphatic heterocycles. The molecule has 0 spiro atoms. The van der Waals surface area contributed by atoms with Gasteiger partial charge < -0.3 is 9.05 Å². The van der Waals surface area contributed by atoms with Crippen LogP contribution in [-0.2, 0) is 12.8 Å². The van der Waals surface area contributed by atoms with Crippen LogP contribution in [0.25, 0.3) is 10.9 Å². The maximum absolute atomic E-state index is 5.27. The molecule has 4 rings (SSSR count). The molecule has 0 unspecified atom stereocenters. The first-order valence-electron chi connectivity index (χ1n) is 6.79. The Morgan fingerprint density at radius 2 is 1.91 bits per heavy atom. The quantitative estimate of drug-likeness (QED) is 0.612. The van der Waals surface area contributed by atoms with Gasteiger partial charge in [-0.3, -0.25) is 5.10 Å². The zero-order valence-electron chi connectivity index (χ0n) is 11.8. The van der Waals surface area contributed by atoms with Crippen molar-refractivity contribution in [3.05, 3.63) is 53.4 Å². The summed E-state index contributed by atoms with van der Waals surface area (Å²) in [6, 6.07) is 6.04. The third-order valence-electron chi connectivity index (χ3n) is 3.26. The lowest BCUT2D eigenvalue weighted by atomic mass is 10.1. The number of H-pyrrole nitrogens is 1. The number of benzene rings is 1. The lowest BCUT2D eigenvalue weighted by Crippen LogP contribution is -1.94. The lowest BCUT2D eigenvalue weighted by Gasteiger charge is -1.96. The highest BCUT2D eigenvalue weighted by Gasteiger charge is 2.11. The molecule has 0 saturated heterocycles. The van der Waals surface area contributed by atoms with Gasteiger partial charge in [-0.05, 0) is 17.7 Å². The molecule has 0 aliphatic rings. The molecule has 8 heteroatoms. The Morgan fingerprint density at radius 3 is 2.77 bits per heavy atom. The van der Waals surface area contributed by atoms with Gasteiger partial charge in [0, 0.05) is 12.3 Å². The Labute approximate surface area is 124 Å². The van der Waals surface area contributed by atoms with Crippen LogP contribution in [0, 0.1) is 6.92 Å². The third-order valence-corrected chi connectivity index (χ3v) is 3.26. The van der Waals surface area contributed by atoms with Crippen molar-refractivity contribution >= 4 is 10.9 Å². The molecule has 0 bridgehead atoms. The highest BCUT2D eigenvalue weighted by Crippen LogP contribution is 2.15. The highest BCUT2D eigenvalue weighted by molar-refractivity contribution is 5.78. The van der Waals surface area contributed by atoms with E-state index in [-0.39, 0.29) is 0 Å². The topological polar surface area (TPSA) is 107 Å². The summed E-state index contributed by atoms with van der Waals surface area (Å²) in [5.74, 6) is 2.16. The van der Waals surface area contributed by atoms with Crippen molar-refractivity contribution in [2.24, 2.45) is 0 Å². The maximum Gasteiger partial charge on any atom is 0.231 e. The average molecular weight is 296 g/mol. The predicted octanol–water partition coefficient (Wildman–Crippen LogP) is 1.82. The molecule has 0 saturated carbocycles. The number of fused-ring (bicyclic) bond motifs is 1. The van der Waals surface area contributed by atoms with Crippen molar-refractivity contribution in [1.82, 2.24) is 30.5 Å². The number of rotatable bonds is 4. The van der Waals surface area contributed by atoms with E-state index in [1.165, 1.54) is 0 Å². The molecule has 3 heterocycles. The van der Waals surface area contributed by atoms with Gasteiger partial charge in [-0.1, -0.05) is 16.4 Å². The van der Waals surface area contributed by atoms with Crippen LogP contribution in [0.15, 0.2) is 33.4 Å². The van der Waals surface area contributed by atoms with Gasteiger partial charge in [0.2, 0.25) is 11.8 Å². The molecule has 1 N–H and O–H groups in total. The van der Waals surface area contributed by atoms with Crippen LogP contribution in [0.3, 0.4) is 0 Å². The molecule has 0 aliphatic carbocycles. The molecule has 3 aromatic heterocycles. The van der Waals surface area contributed by atoms with Gasteiger partial charge in [0.25, 0.3) is 0 Å². The largest absolute Gasteiger partial charge is 0.340 e. The van der Waals surface area contributed by atoms with Gasteiger partial charge >= 0.3 is 0 Å². The van der Waals surface area contributed by atoms with E-state index < -0.39 is 0 Å². The molecule has 22 heavy (non-hydrogen) atoms. The number of aryl methyl sites for hydroxylation is 1. The Morgan fingerprint density at radius 1 is 1.05 bits per heavy atom. The van der Waals surface area contributed by atoms with E-state index in [0.717, 1.165) is 16.5 Å². The highest BCUT2D eigenvalue weighted by atomic mass is 16.5. The molecular weight excluding hydrogens is 284 g/mol. The molecular formula is C14H12N6O2. The van der Waals surface area contributed by atoms with E-state index in [9.17, 15) is 0 Å². The first kappa shape index (κ1) is 12.7. The normalized spacial score (nSPS) is 11.3. The Kier molecular flexibility index (Phi) is 2.92. The molecule has 0 radical (unpaired) electrons. The van der Waals surface area contributed by atoms with Crippen LogP contribution in [-0.4, -0.2) is 30.5 Å². The maximum atomic E-state index is 5.27. The molecule has 4 aromatic rings. The Balaban J connectivity index is 1.51. The molecule has 0 atom stereocenters. The van der Waals surface area contributed by atoms with E-state index in [1.807, 2.05) is 18.2 Å². The second kappa shape index (κ2) is 5.06. The van der Waals surface area contributed by atoms with E-state index in [1.54, 1.807) is 13.1 Å². The summed E-state index contributed by atoms with van der Waals surface area (Å²) in [5.41, 5.74) is 2.09. The smallest absolute Gasteiger partial charge is 0.231 e. The number of nitrogens with zero attached hydrogens (tertiary/aromatic N) is 5. The van der Waals surface area contributed by atoms with Crippen molar-refractivity contribution in [1.29, 1.82) is 0 Å². The fraction of sp³-hybridized carbons (Fsp3) is 0.214. The minimum absolute atomic E-state index is 0.390. The summed E-state index contributed by atoms with van der Waals surface area (Å²) in [5, 5.41) is 15.7. The zero-order chi connectivity index (χ0) is 14.9. The number of nitrogens with one attached hydrogen (secondary N) is 1. The van der Waals surface area contributed by atoms with E-state index in [2.05, 4.69) is 30.5 Å². The van der Waals surface area contributed by atoms with Gasteiger partial charge in [-0.25, -0.2) is 0 Å². The predicted molar refractivity (Wildman–Crippen MR) is 75.0 cm³/mol. The standard InChI is InChI=1S/C14H12N6O2/c1-8-16-12(19-21-8)6-13-17-14(22-20-13)5-9-2-3-11-10(4-9)7-15-18-11/h2-4,7H,5-6H2,1H3,(H,15,18). The van der Waals surface area contributed by atoms with Crippen molar-refractivity contribution in [3.8, 4) is 0 Å². The molecule has 1 aromatic carbocycles. The summed E-state index contributed by atoms with van der Waals surface area (Å²) < 4.78 is 10.2. The second-order valence-electron chi connectivity index (χ2n) is 4.98. The van der Waals surface area contributed by atoms with Crippen LogP contribution in [0.5, 0.6) is 0 Å². The number of hydrogen-bond donors (Lipinski definition) is 1. The first-order valence-corrected chi connectivity index (χ1v) is 6.79. The van der Waals surface area contributed by atoms with Crippen LogP contribution < -0.4 is 0 Å². The van der Waals surface area contributed by atoms with E-state index in [0.29, 0.717) is 36.3 Å². The van der Waals surface area contributed by atoms with E-state index >= 15 is 0 Å². The monoisotopic (exact) mass is 296 g/mol. The molecule has 110 valence electrons. The minimum Gasteiger partial charge on any atom is -0.340 e. The fourth-order valence-electron chi connectivity index (χ4n) is 2.27. The van der Waals surface area contributed by atoms with Gasteiger partial charge in [-0.15, -0.1) is 0 Å². The van der Waals surface area contributed by atoms with E-state index in [4.69, 9.17) is 9.05 Å². The lowest BCUT2D eigenvalue weighted by molar-refractivity contribution is 0.377. The summed E-state index contributed by atoms with van der Waals surface area (Å²) in [6.07, 6.45) is 2.75. The van der Waals surface area contributed by atoms with Crippen LogP contribution in [0.4, 0.5) is 0 Å². The molecule has 0 amide bonds. The molecule has 0 fully saturated rings. The van der Waals surface area contributed by atoms with Gasteiger partial charge in [0.05, 0.1) is 24.6 Å². The van der Waals surface area contributed by atoms with Crippen molar-refractivity contribution < 1.29 is 9.05 Å². The Hall–Kier alpha value is -3.03. The van der Waals surface area contributed by atoms with Crippen molar-refractivity contribution in [2.75, 3.05) is 0 Å². The summed E-state index contributed by atoms with van der Waals surface area (Å²) in [4.78, 5) is 8.47. The summed E-state index contributed by atoms with van der Waals surface area (Å²) in [7, 11) is 0. The zero-order valence-corrected chi connectivity index (χ0v) is 11.8. The Bertz CT molecular complexity index is 922. The summed E-state index contributed by atoms with van der Waals surface area (Å²) in [6.45, 7) is 1.74. The minimum atomic E-state index is 0.390. The van der Waals surface area contributed by atoms with Gasteiger partial charge in [0.15, 0.2) is 11.6 Å².